The van der Waals surface area contributed by atoms with E-state index in [1.165, 1.54) is 0 Å². The molecular formula is C10H13BrCl2OSi. The lowest BCUT2D eigenvalue weighted by Crippen LogP contribution is -2.32. The second-order valence-corrected chi connectivity index (χ2v) is 10.4. The molecule has 0 amide bonds. The van der Waals surface area contributed by atoms with Gasteiger partial charge in [-0.3, -0.25) is 0 Å². The molecule has 0 aliphatic rings. The standard InChI is InChI=1S/C10H13BrCl2OSi/c1-15(2,7-11)14-6-8-4-3-5-9(12)10(8)13/h3-5H,6-7H2,1-2H3. The van der Waals surface area contributed by atoms with Crippen LogP contribution in [0.25, 0.3) is 0 Å². The summed E-state index contributed by atoms with van der Waals surface area (Å²) < 4.78 is 5.85. The van der Waals surface area contributed by atoms with E-state index in [2.05, 4.69) is 29.0 Å². The molecule has 0 radical (unpaired) electrons. The first kappa shape index (κ1) is 13.5. The molecule has 0 atom stereocenters. The Labute approximate surface area is 110 Å². The van der Waals surface area contributed by atoms with Crippen molar-refractivity contribution < 1.29 is 4.43 Å². The highest BCUT2D eigenvalue weighted by atomic mass is 79.9. The van der Waals surface area contributed by atoms with Crippen LogP contribution in [0.4, 0.5) is 0 Å². The zero-order valence-corrected chi connectivity index (χ0v) is 12.8. The van der Waals surface area contributed by atoms with Gasteiger partial charge >= 0.3 is 0 Å². The fourth-order valence-corrected chi connectivity index (χ4v) is 2.46. The van der Waals surface area contributed by atoms with Crippen molar-refractivity contribution in [3.8, 4) is 0 Å². The lowest BCUT2D eigenvalue weighted by Gasteiger charge is -2.20. The minimum atomic E-state index is -1.59. The van der Waals surface area contributed by atoms with Crippen LogP contribution in [0.5, 0.6) is 0 Å². The minimum Gasteiger partial charge on any atom is -0.412 e. The van der Waals surface area contributed by atoms with Gasteiger partial charge < -0.3 is 4.43 Å². The molecule has 0 fully saturated rings. The third-order valence-corrected chi connectivity index (χ3v) is 8.45. The zero-order valence-electron chi connectivity index (χ0n) is 8.69. The van der Waals surface area contributed by atoms with Crippen molar-refractivity contribution in [1.82, 2.24) is 0 Å². The predicted molar refractivity (Wildman–Crippen MR) is 72.5 cm³/mol. The van der Waals surface area contributed by atoms with Crippen LogP contribution in [0, 0.1) is 0 Å². The monoisotopic (exact) mass is 326 g/mol. The molecule has 0 saturated heterocycles. The molecule has 1 nitrogen and oxygen atoms in total. The quantitative estimate of drug-likeness (QED) is 0.577. The molecule has 1 aromatic carbocycles. The Balaban J connectivity index is 2.70. The predicted octanol–water partition coefficient (Wildman–Crippen LogP) is 4.65. The maximum atomic E-state index is 6.06. The topological polar surface area (TPSA) is 9.23 Å². The number of halogens is 3. The van der Waals surface area contributed by atoms with Gasteiger partial charge in [-0.05, 0) is 24.7 Å². The summed E-state index contributed by atoms with van der Waals surface area (Å²) in [5, 5.41) is 1.18. The number of hydrogen-bond acceptors (Lipinski definition) is 1. The maximum Gasteiger partial charge on any atom is 0.197 e. The highest BCUT2D eigenvalue weighted by molar-refractivity contribution is 9.09. The molecule has 1 rings (SSSR count). The lowest BCUT2D eigenvalue weighted by molar-refractivity contribution is 0.299. The third kappa shape index (κ3) is 4.08. The van der Waals surface area contributed by atoms with Crippen LogP contribution in [0.2, 0.25) is 23.1 Å². The smallest absolute Gasteiger partial charge is 0.197 e. The second-order valence-electron chi connectivity index (χ2n) is 3.89. The largest absolute Gasteiger partial charge is 0.412 e. The first-order valence-corrected chi connectivity index (χ1v) is 9.58. The third-order valence-electron chi connectivity index (χ3n) is 1.97. The van der Waals surface area contributed by atoms with Gasteiger partial charge in [0.15, 0.2) is 8.32 Å². The average Bonchev–Trinajstić information content (AvgIpc) is 2.20. The molecule has 0 aliphatic carbocycles. The van der Waals surface area contributed by atoms with Gasteiger partial charge in [-0.2, -0.15) is 0 Å². The molecule has 0 aliphatic heterocycles. The van der Waals surface area contributed by atoms with Gasteiger partial charge in [0.1, 0.15) is 0 Å². The van der Waals surface area contributed by atoms with Crippen LogP contribution in [-0.4, -0.2) is 13.3 Å². The van der Waals surface area contributed by atoms with E-state index in [9.17, 15) is 0 Å². The van der Waals surface area contributed by atoms with Gasteiger partial charge in [-0.15, -0.1) is 0 Å². The molecular weight excluding hydrogens is 315 g/mol. The van der Waals surface area contributed by atoms with E-state index in [0.29, 0.717) is 16.7 Å². The van der Waals surface area contributed by atoms with Crippen molar-refractivity contribution in [2.75, 3.05) is 4.95 Å². The van der Waals surface area contributed by atoms with Crippen LogP contribution >= 0.6 is 39.1 Å². The Kier molecular flexibility index (Phi) is 5.13. The molecule has 0 spiro atoms. The molecule has 0 aromatic heterocycles. The SMILES string of the molecule is C[Si](C)(CBr)OCc1cccc(Cl)c1Cl. The minimum absolute atomic E-state index is 0.532. The van der Waals surface area contributed by atoms with Crippen molar-refractivity contribution in [2.24, 2.45) is 0 Å². The Hall–Kier alpha value is 0.457. The van der Waals surface area contributed by atoms with Gasteiger partial charge in [0.25, 0.3) is 0 Å². The Morgan fingerprint density at radius 3 is 2.60 bits per heavy atom. The molecule has 0 N–H and O–H groups in total. The van der Waals surface area contributed by atoms with Crippen LogP contribution in [-0.2, 0) is 11.0 Å². The van der Waals surface area contributed by atoms with Crippen molar-refractivity contribution in [2.45, 2.75) is 19.7 Å². The van der Waals surface area contributed by atoms with Crippen molar-refractivity contribution in [3.05, 3.63) is 33.8 Å². The normalized spacial score (nSPS) is 11.8. The molecule has 0 bridgehead atoms. The molecule has 0 heterocycles. The van der Waals surface area contributed by atoms with E-state index in [0.717, 1.165) is 10.5 Å². The summed E-state index contributed by atoms with van der Waals surface area (Å²) in [7, 11) is -1.59. The molecule has 1 aromatic rings. The fourth-order valence-electron chi connectivity index (χ4n) is 0.972. The average molecular weight is 328 g/mol. The van der Waals surface area contributed by atoms with Crippen LogP contribution in [0.1, 0.15) is 5.56 Å². The van der Waals surface area contributed by atoms with Crippen LogP contribution in [0.3, 0.4) is 0 Å². The summed E-state index contributed by atoms with van der Waals surface area (Å²) in [6, 6.07) is 5.60. The number of benzene rings is 1. The van der Waals surface area contributed by atoms with Gasteiger partial charge in [-0.1, -0.05) is 51.3 Å². The summed E-state index contributed by atoms with van der Waals surface area (Å²) in [4.78, 5) is 0.915. The van der Waals surface area contributed by atoms with Gasteiger partial charge in [0, 0.05) is 4.95 Å². The molecule has 15 heavy (non-hydrogen) atoms. The summed E-state index contributed by atoms with van der Waals surface area (Å²) in [6.07, 6.45) is 0. The van der Waals surface area contributed by atoms with Crippen molar-refractivity contribution in [1.29, 1.82) is 0 Å². The molecule has 0 saturated carbocycles. The Morgan fingerprint density at radius 1 is 1.33 bits per heavy atom. The molecule has 5 heteroatoms. The summed E-state index contributed by atoms with van der Waals surface area (Å²) in [6.45, 7) is 4.84. The van der Waals surface area contributed by atoms with E-state index >= 15 is 0 Å². The van der Waals surface area contributed by atoms with Crippen LogP contribution in [0.15, 0.2) is 18.2 Å². The Morgan fingerprint density at radius 2 is 2.00 bits per heavy atom. The Bertz CT molecular complexity index is 344. The second kappa shape index (κ2) is 5.69. The maximum absolute atomic E-state index is 6.06. The van der Waals surface area contributed by atoms with E-state index in [4.69, 9.17) is 27.6 Å². The number of hydrogen-bond donors (Lipinski definition) is 0. The first-order chi connectivity index (χ1) is 6.96. The van der Waals surface area contributed by atoms with Crippen LogP contribution < -0.4 is 0 Å². The number of alkyl halides is 1. The summed E-state index contributed by atoms with van der Waals surface area (Å²) in [5.41, 5.74) is 0.950. The van der Waals surface area contributed by atoms with E-state index < -0.39 is 8.32 Å². The van der Waals surface area contributed by atoms with Crippen molar-refractivity contribution in [3.63, 3.8) is 0 Å². The van der Waals surface area contributed by atoms with E-state index in [1.54, 1.807) is 6.07 Å². The highest BCUT2D eigenvalue weighted by Gasteiger charge is 2.21. The highest BCUT2D eigenvalue weighted by Crippen LogP contribution is 2.26. The van der Waals surface area contributed by atoms with Gasteiger partial charge in [0.05, 0.1) is 16.7 Å². The lowest BCUT2D eigenvalue weighted by atomic mass is 10.2. The number of rotatable bonds is 4. The summed E-state index contributed by atoms with van der Waals surface area (Å²) >= 11 is 15.4. The van der Waals surface area contributed by atoms with E-state index in [-0.39, 0.29) is 0 Å². The zero-order chi connectivity index (χ0) is 11.5. The van der Waals surface area contributed by atoms with Crippen molar-refractivity contribution >= 4 is 47.4 Å². The molecule has 0 unspecified atom stereocenters. The van der Waals surface area contributed by atoms with E-state index in [1.807, 2.05) is 12.1 Å². The van der Waals surface area contributed by atoms with Gasteiger partial charge in [-0.25, -0.2) is 0 Å². The molecule has 84 valence electrons. The summed E-state index contributed by atoms with van der Waals surface area (Å²) in [5.74, 6) is 0. The van der Waals surface area contributed by atoms with Gasteiger partial charge in [0.2, 0.25) is 0 Å². The first-order valence-electron chi connectivity index (χ1n) is 4.59. The fraction of sp³-hybridized carbons (Fsp3) is 0.400.